The zero-order chi connectivity index (χ0) is 20.4. The van der Waals surface area contributed by atoms with Crippen LogP contribution in [0, 0.1) is 0 Å². The summed E-state index contributed by atoms with van der Waals surface area (Å²) in [4.78, 5) is 27.4. The molecule has 2 aromatic carbocycles. The summed E-state index contributed by atoms with van der Waals surface area (Å²) >= 11 is 0. The molecule has 1 aliphatic carbocycles. The number of carbonyl (C=O) groups is 2. The molecule has 7 nitrogen and oxygen atoms in total. The van der Waals surface area contributed by atoms with Gasteiger partial charge in [-0.1, -0.05) is 0 Å². The molecule has 2 N–H and O–H groups in total. The van der Waals surface area contributed by atoms with Gasteiger partial charge < -0.3 is 24.5 Å². The van der Waals surface area contributed by atoms with E-state index in [-0.39, 0.29) is 18.6 Å². The molecule has 29 heavy (non-hydrogen) atoms. The van der Waals surface area contributed by atoms with Crippen LogP contribution in [0.4, 0.5) is 4.79 Å². The number of carbonyl (C=O) groups excluding carboxylic acids is 2. The Balaban J connectivity index is 1.40. The van der Waals surface area contributed by atoms with E-state index in [0.717, 1.165) is 35.2 Å². The van der Waals surface area contributed by atoms with E-state index in [4.69, 9.17) is 14.2 Å². The summed E-state index contributed by atoms with van der Waals surface area (Å²) < 4.78 is 15.1. The number of benzene rings is 2. The van der Waals surface area contributed by atoms with Crippen LogP contribution < -0.4 is 14.8 Å². The first-order chi connectivity index (χ1) is 14.1. The molecule has 1 heterocycles. The second-order valence-corrected chi connectivity index (χ2v) is 6.88. The molecule has 0 saturated heterocycles. The maximum atomic E-state index is 12.6. The zero-order valence-electron chi connectivity index (χ0n) is 16.3. The fourth-order valence-corrected chi connectivity index (χ4v) is 3.67. The van der Waals surface area contributed by atoms with Gasteiger partial charge in [0.15, 0.2) is 0 Å². The van der Waals surface area contributed by atoms with Crippen LogP contribution in [0.25, 0.3) is 10.9 Å². The normalized spacial score (nSPS) is 15.0. The average Bonchev–Trinajstić information content (AvgIpc) is 3.25. The lowest BCUT2D eigenvalue weighted by Gasteiger charge is -2.13. The minimum absolute atomic E-state index is 0.0230. The first kappa shape index (κ1) is 18.9. The van der Waals surface area contributed by atoms with E-state index in [1.165, 1.54) is 5.56 Å². The largest absolute Gasteiger partial charge is 0.513 e. The minimum atomic E-state index is -0.763. The minimum Gasteiger partial charge on any atom is -0.497 e. The third-order valence-electron chi connectivity index (χ3n) is 5.02. The summed E-state index contributed by atoms with van der Waals surface area (Å²) in [6.07, 6.45) is 0.751. The number of hydrogen-bond donors (Lipinski definition) is 2. The predicted molar refractivity (Wildman–Crippen MR) is 108 cm³/mol. The first-order valence-corrected chi connectivity index (χ1v) is 9.50. The molecule has 0 fully saturated rings. The molecule has 3 aromatic rings. The van der Waals surface area contributed by atoms with Gasteiger partial charge in [-0.3, -0.25) is 4.79 Å². The highest BCUT2D eigenvalue weighted by molar-refractivity contribution is 5.95. The summed E-state index contributed by atoms with van der Waals surface area (Å²) in [5.74, 6) is 0.984. The smallest absolute Gasteiger partial charge is 0.497 e. The van der Waals surface area contributed by atoms with Crippen molar-refractivity contribution in [3.8, 4) is 11.5 Å². The van der Waals surface area contributed by atoms with Crippen molar-refractivity contribution in [3.63, 3.8) is 0 Å². The second-order valence-electron chi connectivity index (χ2n) is 6.88. The van der Waals surface area contributed by atoms with Gasteiger partial charge in [-0.05, 0) is 61.4 Å². The Bertz CT molecular complexity index is 1050. The molecule has 0 spiro atoms. The Kier molecular flexibility index (Phi) is 5.12. The van der Waals surface area contributed by atoms with Crippen molar-refractivity contribution in [2.24, 2.45) is 0 Å². The Morgan fingerprint density at radius 1 is 1.10 bits per heavy atom. The van der Waals surface area contributed by atoms with Crippen LogP contribution in [0.2, 0.25) is 0 Å². The molecule has 0 aliphatic heterocycles. The number of aromatic amines is 1. The van der Waals surface area contributed by atoms with Crippen molar-refractivity contribution in [1.82, 2.24) is 10.3 Å². The van der Waals surface area contributed by atoms with E-state index in [1.807, 2.05) is 18.2 Å². The molecule has 0 bridgehead atoms. The number of hydrogen-bond acceptors (Lipinski definition) is 5. The van der Waals surface area contributed by atoms with Crippen LogP contribution in [-0.4, -0.2) is 36.8 Å². The molecule has 1 aliphatic rings. The average molecular weight is 394 g/mol. The van der Waals surface area contributed by atoms with E-state index < -0.39 is 6.16 Å². The molecule has 1 amide bonds. The maximum absolute atomic E-state index is 12.6. The maximum Gasteiger partial charge on any atom is 0.513 e. The van der Waals surface area contributed by atoms with Gasteiger partial charge in [-0.2, -0.15) is 0 Å². The van der Waals surface area contributed by atoms with Crippen molar-refractivity contribution in [1.29, 1.82) is 0 Å². The molecular weight excluding hydrogens is 372 g/mol. The molecule has 4 rings (SSSR count). The lowest BCUT2D eigenvalue weighted by atomic mass is 10.1. The van der Waals surface area contributed by atoms with Crippen LogP contribution in [0.15, 0.2) is 42.5 Å². The quantitative estimate of drug-likeness (QED) is 0.510. The van der Waals surface area contributed by atoms with Crippen molar-refractivity contribution in [3.05, 3.63) is 59.3 Å². The van der Waals surface area contributed by atoms with Crippen LogP contribution in [-0.2, 0) is 17.6 Å². The van der Waals surface area contributed by atoms with Gasteiger partial charge in [0, 0.05) is 34.6 Å². The summed E-state index contributed by atoms with van der Waals surface area (Å²) in [6, 6.07) is 12.4. The Morgan fingerprint density at radius 3 is 2.59 bits per heavy atom. The van der Waals surface area contributed by atoms with Crippen LogP contribution in [0.3, 0.4) is 0 Å². The molecule has 7 heteroatoms. The van der Waals surface area contributed by atoms with Gasteiger partial charge >= 0.3 is 6.16 Å². The third-order valence-corrected chi connectivity index (χ3v) is 5.02. The highest BCUT2D eigenvalue weighted by Crippen LogP contribution is 2.32. The number of rotatable bonds is 5. The van der Waals surface area contributed by atoms with Gasteiger partial charge in [0.1, 0.15) is 11.5 Å². The molecule has 150 valence electrons. The van der Waals surface area contributed by atoms with Crippen LogP contribution in [0.5, 0.6) is 11.5 Å². The number of ether oxygens (including phenoxy) is 3. The van der Waals surface area contributed by atoms with Crippen molar-refractivity contribution < 1.29 is 23.8 Å². The van der Waals surface area contributed by atoms with Gasteiger partial charge in [0.25, 0.3) is 5.91 Å². The van der Waals surface area contributed by atoms with Gasteiger partial charge in [0.2, 0.25) is 0 Å². The lowest BCUT2D eigenvalue weighted by molar-refractivity contribution is 0.0938. The zero-order valence-corrected chi connectivity index (χ0v) is 16.3. The number of amides is 1. The fraction of sp³-hybridized carbons (Fsp3) is 0.273. The number of nitrogens with one attached hydrogen (secondary N) is 2. The van der Waals surface area contributed by atoms with E-state index >= 15 is 0 Å². The predicted octanol–water partition coefficient (Wildman–Crippen LogP) is 3.61. The van der Waals surface area contributed by atoms with Crippen molar-refractivity contribution >= 4 is 23.0 Å². The van der Waals surface area contributed by atoms with E-state index in [1.54, 1.807) is 38.3 Å². The summed E-state index contributed by atoms with van der Waals surface area (Å²) in [5.41, 5.74) is 3.96. The Morgan fingerprint density at radius 2 is 1.86 bits per heavy atom. The summed E-state index contributed by atoms with van der Waals surface area (Å²) in [5, 5.41) is 4.22. The van der Waals surface area contributed by atoms with E-state index in [0.29, 0.717) is 11.3 Å². The monoisotopic (exact) mass is 394 g/mol. The summed E-state index contributed by atoms with van der Waals surface area (Å²) in [6.45, 7) is 1.94. The number of fused-ring (bicyclic) bond motifs is 3. The molecular formula is C22H22N2O5. The number of methoxy groups -OCH3 is 1. The van der Waals surface area contributed by atoms with Crippen LogP contribution >= 0.6 is 0 Å². The molecule has 1 unspecified atom stereocenters. The Hall–Kier alpha value is -3.48. The highest BCUT2D eigenvalue weighted by atomic mass is 16.7. The molecule has 1 aromatic heterocycles. The third kappa shape index (κ3) is 3.89. The number of aromatic nitrogens is 1. The molecule has 0 saturated carbocycles. The topological polar surface area (TPSA) is 89.6 Å². The molecule has 1 atom stereocenters. The molecule has 0 radical (unpaired) electrons. The van der Waals surface area contributed by atoms with Gasteiger partial charge in [-0.15, -0.1) is 0 Å². The van der Waals surface area contributed by atoms with Gasteiger partial charge in [0.05, 0.1) is 13.7 Å². The lowest BCUT2D eigenvalue weighted by Crippen LogP contribution is -2.35. The summed E-state index contributed by atoms with van der Waals surface area (Å²) in [7, 11) is 1.65. The van der Waals surface area contributed by atoms with Gasteiger partial charge in [-0.25, -0.2) is 4.79 Å². The second kappa shape index (κ2) is 7.87. The highest BCUT2D eigenvalue weighted by Gasteiger charge is 2.27. The standard InChI is InChI=1S/C22H22N2O5/c1-3-28-22(26)29-15-6-4-13(5-7-15)21(25)23-14-10-17-18-12-16(27-2)8-9-19(18)24-20(17)11-14/h4-9,12,14,24H,3,10-11H2,1-2H3,(H,23,25). The SMILES string of the molecule is CCOC(=O)Oc1ccc(C(=O)NC2Cc3[nH]c4ccc(OC)cc4c3C2)cc1. The number of H-pyrrole nitrogens is 1. The van der Waals surface area contributed by atoms with E-state index in [2.05, 4.69) is 10.3 Å². The fourth-order valence-electron chi connectivity index (χ4n) is 3.67. The Labute approximate surface area is 168 Å². The first-order valence-electron chi connectivity index (χ1n) is 9.50. The van der Waals surface area contributed by atoms with E-state index in [9.17, 15) is 9.59 Å². The van der Waals surface area contributed by atoms with Crippen molar-refractivity contribution in [2.75, 3.05) is 13.7 Å². The van der Waals surface area contributed by atoms with Crippen molar-refractivity contribution in [2.45, 2.75) is 25.8 Å². The van der Waals surface area contributed by atoms with Crippen LogP contribution in [0.1, 0.15) is 28.5 Å².